The number of rotatable bonds is 14. The van der Waals surface area contributed by atoms with Crippen LogP contribution in [-0.4, -0.2) is 30.4 Å². The van der Waals surface area contributed by atoms with E-state index in [9.17, 15) is 14.7 Å². The van der Waals surface area contributed by atoms with Crippen molar-refractivity contribution in [3.63, 3.8) is 0 Å². The number of hydrogen-bond acceptors (Lipinski definition) is 6. The molecule has 2 aromatic rings. The topological polar surface area (TPSA) is 86.0 Å². The fraction of sp³-hybridized carbons (Fsp3) is 0.565. The van der Waals surface area contributed by atoms with Crippen molar-refractivity contribution >= 4 is 16.9 Å². The Labute approximate surface area is 171 Å². The van der Waals surface area contributed by atoms with Gasteiger partial charge in [-0.05, 0) is 24.6 Å². The van der Waals surface area contributed by atoms with Gasteiger partial charge in [0.25, 0.3) is 0 Å². The van der Waals surface area contributed by atoms with Gasteiger partial charge in [-0.2, -0.15) is 0 Å². The molecule has 29 heavy (non-hydrogen) atoms. The molecule has 0 aliphatic rings. The summed E-state index contributed by atoms with van der Waals surface area (Å²) in [4.78, 5) is 23.0. The molecule has 0 fully saturated rings. The second-order valence-corrected chi connectivity index (χ2v) is 7.30. The van der Waals surface area contributed by atoms with Gasteiger partial charge in [0.05, 0.1) is 12.7 Å². The van der Waals surface area contributed by atoms with E-state index in [1.165, 1.54) is 31.7 Å². The molecule has 1 heterocycles. The molecule has 0 aliphatic carbocycles. The van der Waals surface area contributed by atoms with Crippen molar-refractivity contribution in [2.45, 2.75) is 70.8 Å². The highest BCUT2D eigenvalue weighted by Gasteiger charge is 2.10. The van der Waals surface area contributed by atoms with Crippen molar-refractivity contribution in [3.05, 3.63) is 40.8 Å². The van der Waals surface area contributed by atoms with Crippen LogP contribution in [-0.2, 0) is 9.53 Å². The van der Waals surface area contributed by atoms with Crippen LogP contribution in [0.3, 0.4) is 0 Å². The minimum Gasteiger partial charge on any atom is -0.493 e. The first-order valence-electron chi connectivity index (χ1n) is 10.6. The highest BCUT2D eigenvalue weighted by molar-refractivity contribution is 5.77. The molecule has 0 amide bonds. The Morgan fingerprint density at radius 1 is 1.07 bits per heavy atom. The highest BCUT2D eigenvalue weighted by atomic mass is 16.5. The van der Waals surface area contributed by atoms with Crippen LogP contribution in [0.2, 0.25) is 0 Å². The molecule has 1 unspecified atom stereocenters. The van der Waals surface area contributed by atoms with Gasteiger partial charge in [-0.15, -0.1) is 0 Å². The summed E-state index contributed by atoms with van der Waals surface area (Å²) in [5.41, 5.74) is 0.0400. The monoisotopic (exact) mass is 404 g/mol. The number of ether oxygens (including phenoxy) is 2. The molecule has 2 rings (SSSR count). The minimum absolute atomic E-state index is 0.0225. The first kappa shape index (κ1) is 22.9. The Balaban J connectivity index is 1.57. The summed E-state index contributed by atoms with van der Waals surface area (Å²) >= 11 is 0. The van der Waals surface area contributed by atoms with E-state index in [0.717, 1.165) is 24.6 Å². The number of benzene rings is 1. The summed E-state index contributed by atoms with van der Waals surface area (Å²) in [6.45, 7) is 2.44. The second-order valence-electron chi connectivity index (χ2n) is 7.30. The van der Waals surface area contributed by atoms with Crippen LogP contribution < -0.4 is 10.4 Å². The third-order valence-corrected chi connectivity index (χ3v) is 4.74. The number of esters is 1. The zero-order valence-electron chi connectivity index (χ0n) is 17.2. The van der Waals surface area contributed by atoms with Gasteiger partial charge in [-0.1, -0.05) is 45.4 Å². The Hall–Kier alpha value is -2.34. The molecule has 1 N–H and O–H groups in total. The molecule has 0 saturated heterocycles. The second kappa shape index (κ2) is 13.0. The Bertz CT molecular complexity index is 797. The summed E-state index contributed by atoms with van der Waals surface area (Å²) < 4.78 is 15.8. The number of carbonyl (C=O) groups is 1. The maximum atomic E-state index is 11.7. The molecule has 6 heteroatoms. The molecular weight excluding hydrogens is 372 g/mol. The molecule has 0 aliphatic heterocycles. The Kier molecular flexibility index (Phi) is 10.3. The average Bonchev–Trinajstić information content (AvgIpc) is 2.71. The predicted octanol–water partition coefficient (Wildman–Crippen LogP) is 4.61. The minimum atomic E-state index is -0.772. The van der Waals surface area contributed by atoms with Gasteiger partial charge in [-0.3, -0.25) is 4.79 Å². The van der Waals surface area contributed by atoms with E-state index in [2.05, 4.69) is 6.92 Å². The van der Waals surface area contributed by atoms with Crippen molar-refractivity contribution < 1.29 is 23.8 Å². The van der Waals surface area contributed by atoms with Crippen LogP contribution in [0.1, 0.15) is 64.7 Å². The van der Waals surface area contributed by atoms with E-state index >= 15 is 0 Å². The van der Waals surface area contributed by atoms with Gasteiger partial charge in [0.1, 0.15) is 17.9 Å². The van der Waals surface area contributed by atoms with Gasteiger partial charge in [-0.25, -0.2) is 4.79 Å². The number of carbonyl (C=O) groups excluding carboxylic acids is 1. The molecule has 0 spiro atoms. The zero-order valence-corrected chi connectivity index (χ0v) is 17.2. The summed E-state index contributed by atoms with van der Waals surface area (Å²) in [5.74, 6) is 0.290. The molecule has 1 aromatic heterocycles. The van der Waals surface area contributed by atoms with Gasteiger partial charge in [0.15, 0.2) is 0 Å². The smallest absolute Gasteiger partial charge is 0.336 e. The van der Waals surface area contributed by atoms with E-state index in [4.69, 9.17) is 13.9 Å². The largest absolute Gasteiger partial charge is 0.493 e. The predicted molar refractivity (Wildman–Crippen MR) is 112 cm³/mol. The third-order valence-electron chi connectivity index (χ3n) is 4.74. The van der Waals surface area contributed by atoms with Crippen LogP contribution in [0.5, 0.6) is 5.75 Å². The van der Waals surface area contributed by atoms with Crippen LogP contribution in [0, 0.1) is 0 Å². The quantitative estimate of drug-likeness (QED) is 0.281. The van der Waals surface area contributed by atoms with Crippen molar-refractivity contribution in [1.29, 1.82) is 0 Å². The van der Waals surface area contributed by atoms with Crippen molar-refractivity contribution in [2.24, 2.45) is 0 Å². The van der Waals surface area contributed by atoms with E-state index in [-0.39, 0.29) is 19.2 Å². The number of fused-ring (bicyclic) bond motifs is 1. The molecule has 0 radical (unpaired) electrons. The van der Waals surface area contributed by atoms with E-state index in [1.807, 2.05) is 0 Å². The molecular formula is C23H32O6. The molecule has 0 bridgehead atoms. The lowest BCUT2D eigenvalue weighted by Gasteiger charge is -2.12. The third kappa shape index (κ3) is 9.13. The average molecular weight is 405 g/mol. The number of aliphatic hydroxyl groups excluding tert-OH is 1. The standard InChI is InChI=1S/C23H32O6/c1-2-3-4-5-6-7-8-9-22(25)28-17-19(24)14-15-27-20-12-10-18-11-13-23(26)29-21(18)16-20/h10-13,16,19,24H,2-9,14-15,17H2,1H3. The van der Waals surface area contributed by atoms with Crippen molar-refractivity contribution in [2.75, 3.05) is 13.2 Å². The summed E-state index contributed by atoms with van der Waals surface area (Å²) in [7, 11) is 0. The molecule has 1 aromatic carbocycles. The van der Waals surface area contributed by atoms with E-state index in [1.54, 1.807) is 24.3 Å². The van der Waals surface area contributed by atoms with E-state index < -0.39 is 11.7 Å². The maximum Gasteiger partial charge on any atom is 0.336 e. The molecule has 1 atom stereocenters. The van der Waals surface area contributed by atoms with Gasteiger partial charge < -0.3 is 19.0 Å². The Morgan fingerprint density at radius 2 is 1.79 bits per heavy atom. The van der Waals surface area contributed by atoms with Crippen LogP contribution in [0.25, 0.3) is 11.0 Å². The van der Waals surface area contributed by atoms with Crippen molar-refractivity contribution in [1.82, 2.24) is 0 Å². The first-order chi connectivity index (χ1) is 14.1. The van der Waals surface area contributed by atoms with Crippen LogP contribution in [0.15, 0.2) is 39.5 Å². The van der Waals surface area contributed by atoms with Gasteiger partial charge >= 0.3 is 11.6 Å². The van der Waals surface area contributed by atoms with Gasteiger partial charge in [0, 0.05) is 30.4 Å². The fourth-order valence-electron chi connectivity index (χ4n) is 3.01. The Morgan fingerprint density at radius 3 is 2.59 bits per heavy atom. The summed E-state index contributed by atoms with van der Waals surface area (Å²) in [6, 6.07) is 8.28. The van der Waals surface area contributed by atoms with Gasteiger partial charge in [0.2, 0.25) is 0 Å². The molecule has 0 saturated carbocycles. The molecule has 160 valence electrons. The molecule has 6 nitrogen and oxygen atoms in total. The lowest BCUT2D eigenvalue weighted by Crippen LogP contribution is -2.21. The number of aliphatic hydroxyl groups is 1. The lowest BCUT2D eigenvalue weighted by molar-refractivity contribution is -0.147. The van der Waals surface area contributed by atoms with Crippen molar-refractivity contribution in [3.8, 4) is 5.75 Å². The summed E-state index contributed by atoms with van der Waals surface area (Å²) in [6.07, 6.45) is 8.01. The first-order valence-corrected chi connectivity index (χ1v) is 10.6. The normalized spacial score (nSPS) is 12.1. The fourth-order valence-corrected chi connectivity index (χ4v) is 3.01. The maximum absolute atomic E-state index is 11.7. The summed E-state index contributed by atoms with van der Waals surface area (Å²) in [5, 5.41) is 10.8. The van der Waals surface area contributed by atoms with E-state index in [0.29, 0.717) is 24.2 Å². The zero-order chi connectivity index (χ0) is 20.9. The van der Waals surface area contributed by atoms with Crippen LogP contribution >= 0.6 is 0 Å². The SMILES string of the molecule is CCCCCCCCCC(=O)OCC(O)CCOc1ccc2ccc(=O)oc2c1. The van der Waals surface area contributed by atoms with Crippen LogP contribution in [0.4, 0.5) is 0 Å². The lowest BCUT2D eigenvalue weighted by atomic mass is 10.1. The highest BCUT2D eigenvalue weighted by Crippen LogP contribution is 2.19. The number of hydrogen-bond donors (Lipinski definition) is 1. The number of unbranched alkanes of at least 4 members (excludes halogenated alkanes) is 6.